The first kappa shape index (κ1) is 16.5. The molecule has 1 saturated heterocycles. The molecular formula is C20H19N3O3. The fourth-order valence-corrected chi connectivity index (χ4v) is 3.42. The van der Waals surface area contributed by atoms with Crippen LogP contribution in [-0.4, -0.2) is 35.1 Å². The zero-order valence-electron chi connectivity index (χ0n) is 14.1. The van der Waals surface area contributed by atoms with Crippen molar-refractivity contribution in [1.82, 2.24) is 15.3 Å². The standard InChI is InChI=1S/C20H19N3O3/c24-19-16-4-2-1-3-15(16)17(10-22-19)20(25)23-18-12-26-11-14(18)9-13-5-7-21-8-6-13/h1-8,10,14,18H,9,11-12H2,(H,22,24)(H,23,25)/t14-,18-/m1/s1. The summed E-state index contributed by atoms with van der Waals surface area (Å²) in [7, 11) is 0. The van der Waals surface area contributed by atoms with E-state index < -0.39 is 0 Å². The Morgan fingerprint density at radius 3 is 2.73 bits per heavy atom. The fraction of sp³-hybridized carbons (Fsp3) is 0.250. The van der Waals surface area contributed by atoms with E-state index in [4.69, 9.17) is 4.74 Å². The predicted octanol–water partition coefficient (Wildman–Crippen LogP) is 1.91. The van der Waals surface area contributed by atoms with E-state index in [1.165, 1.54) is 11.8 Å². The zero-order valence-corrected chi connectivity index (χ0v) is 14.1. The van der Waals surface area contributed by atoms with Gasteiger partial charge in [0.1, 0.15) is 0 Å². The van der Waals surface area contributed by atoms with E-state index in [1.54, 1.807) is 30.6 Å². The molecule has 1 fully saturated rings. The first-order valence-corrected chi connectivity index (χ1v) is 8.60. The molecule has 3 aromatic rings. The monoisotopic (exact) mass is 349 g/mol. The maximum Gasteiger partial charge on any atom is 0.255 e. The molecule has 0 spiro atoms. The van der Waals surface area contributed by atoms with Crippen molar-refractivity contribution in [3.05, 3.63) is 76.5 Å². The van der Waals surface area contributed by atoms with Crippen molar-refractivity contribution in [1.29, 1.82) is 0 Å². The highest BCUT2D eigenvalue weighted by molar-refractivity contribution is 6.06. The molecule has 1 aliphatic heterocycles. The van der Waals surface area contributed by atoms with E-state index in [9.17, 15) is 9.59 Å². The number of ether oxygens (including phenoxy) is 1. The molecule has 6 nitrogen and oxygen atoms in total. The van der Waals surface area contributed by atoms with Crippen molar-refractivity contribution in [2.45, 2.75) is 12.5 Å². The number of rotatable bonds is 4. The number of benzene rings is 1. The molecule has 3 heterocycles. The lowest BCUT2D eigenvalue weighted by Gasteiger charge is -2.19. The van der Waals surface area contributed by atoms with Crippen molar-refractivity contribution in [2.75, 3.05) is 13.2 Å². The number of aromatic nitrogens is 2. The number of carbonyl (C=O) groups is 1. The van der Waals surface area contributed by atoms with Crippen LogP contribution in [0, 0.1) is 5.92 Å². The third-order valence-corrected chi connectivity index (χ3v) is 4.82. The van der Waals surface area contributed by atoms with Gasteiger partial charge in [-0.3, -0.25) is 14.6 Å². The van der Waals surface area contributed by atoms with Crippen LogP contribution < -0.4 is 10.9 Å². The second-order valence-electron chi connectivity index (χ2n) is 6.51. The molecule has 1 amide bonds. The average Bonchev–Trinajstić information content (AvgIpc) is 3.09. The minimum atomic E-state index is -0.201. The topological polar surface area (TPSA) is 84.1 Å². The molecule has 0 radical (unpaired) electrons. The molecule has 2 aromatic heterocycles. The molecule has 2 atom stereocenters. The molecule has 4 rings (SSSR count). The number of amides is 1. The third-order valence-electron chi connectivity index (χ3n) is 4.82. The van der Waals surface area contributed by atoms with Crippen LogP contribution in [0.2, 0.25) is 0 Å². The minimum Gasteiger partial charge on any atom is -0.379 e. The highest BCUT2D eigenvalue weighted by Gasteiger charge is 2.30. The molecule has 1 aromatic carbocycles. The molecule has 0 unspecified atom stereocenters. The van der Waals surface area contributed by atoms with E-state index in [0.717, 1.165) is 6.42 Å². The average molecular weight is 349 g/mol. The van der Waals surface area contributed by atoms with Crippen molar-refractivity contribution in [3.63, 3.8) is 0 Å². The Morgan fingerprint density at radius 1 is 1.15 bits per heavy atom. The van der Waals surface area contributed by atoms with Gasteiger partial charge in [-0.1, -0.05) is 18.2 Å². The summed E-state index contributed by atoms with van der Waals surface area (Å²) >= 11 is 0. The molecule has 0 saturated carbocycles. The number of fused-ring (bicyclic) bond motifs is 1. The molecule has 2 N–H and O–H groups in total. The fourth-order valence-electron chi connectivity index (χ4n) is 3.42. The molecule has 0 bridgehead atoms. The highest BCUT2D eigenvalue weighted by Crippen LogP contribution is 2.20. The number of pyridine rings is 2. The zero-order chi connectivity index (χ0) is 17.9. The van der Waals surface area contributed by atoms with E-state index in [2.05, 4.69) is 15.3 Å². The summed E-state index contributed by atoms with van der Waals surface area (Å²) in [5.41, 5.74) is 1.44. The summed E-state index contributed by atoms with van der Waals surface area (Å²) in [6.07, 6.45) is 5.84. The Labute approximate surface area is 150 Å². The van der Waals surface area contributed by atoms with Crippen LogP contribution in [0.1, 0.15) is 15.9 Å². The van der Waals surface area contributed by atoms with Gasteiger partial charge in [0.15, 0.2) is 0 Å². The van der Waals surface area contributed by atoms with E-state index in [1.807, 2.05) is 18.2 Å². The SMILES string of the molecule is O=C(N[C@@H]1COC[C@H]1Cc1ccncc1)c1c[nH]c(=O)c2ccccc12. The quantitative estimate of drug-likeness (QED) is 0.754. The number of carbonyl (C=O) groups excluding carboxylic acids is 1. The number of nitrogens with one attached hydrogen (secondary N) is 2. The Morgan fingerprint density at radius 2 is 1.92 bits per heavy atom. The molecule has 0 aliphatic carbocycles. The van der Waals surface area contributed by atoms with Crippen LogP contribution in [-0.2, 0) is 11.2 Å². The maximum absolute atomic E-state index is 12.8. The Hall–Kier alpha value is -2.99. The number of H-pyrrole nitrogens is 1. The molecule has 1 aliphatic rings. The summed E-state index contributed by atoms with van der Waals surface area (Å²) in [6, 6.07) is 11.0. The summed E-state index contributed by atoms with van der Waals surface area (Å²) in [5, 5.41) is 4.24. The summed E-state index contributed by atoms with van der Waals surface area (Å²) in [6.45, 7) is 1.10. The van der Waals surface area contributed by atoms with Gasteiger partial charge < -0.3 is 15.0 Å². The van der Waals surface area contributed by atoms with Gasteiger partial charge >= 0.3 is 0 Å². The van der Waals surface area contributed by atoms with Crippen molar-refractivity contribution in [2.24, 2.45) is 5.92 Å². The van der Waals surface area contributed by atoms with E-state index >= 15 is 0 Å². The summed E-state index contributed by atoms with van der Waals surface area (Å²) in [5.74, 6) is 0.00283. The summed E-state index contributed by atoms with van der Waals surface area (Å²) in [4.78, 5) is 31.4. The van der Waals surface area contributed by atoms with Gasteiger partial charge in [-0.25, -0.2) is 0 Å². The van der Waals surface area contributed by atoms with Gasteiger partial charge in [0, 0.05) is 35.3 Å². The molecule has 132 valence electrons. The van der Waals surface area contributed by atoms with Gasteiger partial charge in [-0.05, 0) is 30.2 Å². The molecule has 6 heteroatoms. The number of nitrogens with zero attached hydrogens (tertiary/aromatic N) is 1. The predicted molar refractivity (Wildman–Crippen MR) is 98.1 cm³/mol. The van der Waals surface area contributed by atoms with E-state index in [-0.39, 0.29) is 23.4 Å². The lowest BCUT2D eigenvalue weighted by molar-refractivity contribution is 0.0926. The van der Waals surface area contributed by atoms with Crippen molar-refractivity contribution < 1.29 is 9.53 Å². The first-order chi connectivity index (χ1) is 12.7. The highest BCUT2D eigenvalue weighted by atomic mass is 16.5. The number of hydrogen-bond donors (Lipinski definition) is 2. The van der Waals surface area contributed by atoms with Crippen LogP contribution in [0.5, 0.6) is 0 Å². The lowest BCUT2D eigenvalue weighted by Crippen LogP contribution is -2.40. The first-order valence-electron chi connectivity index (χ1n) is 8.60. The van der Waals surface area contributed by atoms with Crippen LogP contribution >= 0.6 is 0 Å². The largest absolute Gasteiger partial charge is 0.379 e. The summed E-state index contributed by atoms with van der Waals surface area (Å²) < 4.78 is 5.60. The van der Waals surface area contributed by atoms with Crippen LogP contribution in [0.4, 0.5) is 0 Å². The molecular weight excluding hydrogens is 330 g/mol. The lowest BCUT2D eigenvalue weighted by atomic mass is 9.95. The second kappa shape index (κ2) is 7.09. The van der Waals surface area contributed by atoms with Gasteiger partial charge in [-0.2, -0.15) is 0 Å². The Balaban J connectivity index is 1.54. The smallest absolute Gasteiger partial charge is 0.255 e. The van der Waals surface area contributed by atoms with Gasteiger partial charge in [0.25, 0.3) is 11.5 Å². The minimum absolute atomic E-state index is 0.0682. The van der Waals surface area contributed by atoms with E-state index in [0.29, 0.717) is 29.5 Å². The van der Waals surface area contributed by atoms with Crippen molar-refractivity contribution >= 4 is 16.7 Å². The van der Waals surface area contributed by atoms with Gasteiger partial charge in [0.2, 0.25) is 0 Å². The van der Waals surface area contributed by atoms with Crippen molar-refractivity contribution in [3.8, 4) is 0 Å². The number of hydrogen-bond acceptors (Lipinski definition) is 4. The number of aromatic amines is 1. The maximum atomic E-state index is 12.8. The third kappa shape index (κ3) is 3.23. The van der Waals surface area contributed by atoms with Gasteiger partial charge in [0.05, 0.1) is 24.8 Å². The van der Waals surface area contributed by atoms with Crippen LogP contribution in [0.25, 0.3) is 10.8 Å². The van der Waals surface area contributed by atoms with Gasteiger partial charge in [-0.15, -0.1) is 0 Å². The van der Waals surface area contributed by atoms with Crippen LogP contribution in [0.3, 0.4) is 0 Å². The Bertz CT molecular complexity index is 984. The second-order valence-corrected chi connectivity index (χ2v) is 6.51. The molecule has 26 heavy (non-hydrogen) atoms. The Kier molecular flexibility index (Phi) is 4.50. The normalized spacial score (nSPS) is 19.5. The van der Waals surface area contributed by atoms with Crippen LogP contribution in [0.15, 0.2) is 59.8 Å².